The predicted octanol–water partition coefficient (Wildman–Crippen LogP) is 5.19. The van der Waals surface area contributed by atoms with Crippen LogP contribution < -0.4 is 15.0 Å². The van der Waals surface area contributed by atoms with Crippen molar-refractivity contribution < 1.29 is 13.9 Å². The van der Waals surface area contributed by atoms with Crippen molar-refractivity contribution in [1.29, 1.82) is 0 Å². The van der Waals surface area contributed by atoms with Crippen LogP contribution in [0.3, 0.4) is 0 Å². The van der Waals surface area contributed by atoms with Crippen molar-refractivity contribution in [1.82, 2.24) is 5.32 Å². The highest BCUT2D eigenvalue weighted by Crippen LogP contribution is 2.27. The van der Waals surface area contributed by atoms with Gasteiger partial charge in [-0.15, -0.1) is 0 Å². The van der Waals surface area contributed by atoms with Crippen LogP contribution in [0.1, 0.15) is 17.1 Å². The van der Waals surface area contributed by atoms with Gasteiger partial charge in [-0.3, -0.25) is 9.69 Å². The molecule has 0 aliphatic carbocycles. The van der Waals surface area contributed by atoms with Gasteiger partial charge in [0.15, 0.2) is 5.11 Å². The molecule has 0 saturated carbocycles. The van der Waals surface area contributed by atoms with Gasteiger partial charge < -0.3 is 14.5 Å². The number of nitrogens with one attached hydrogen (secondary N) is 1. The molecule has 3 aromatic rings. The van der Waals surface area contributed by atoms with E-state index in [1.54, 1.807) is 12.1 Å². The van der Waals surface area contributed by atoms with Crippen LogP contribution in [0.15, 0.2) is 75.3 Å². The Kier molecular flexibility index (Phi) is 5.51. The second-order valence-corrected chi connectivity index (χ2v) is 7.68. The second-order valence-electron chi connectivity index (χ2n) is 6.44. The molecule has 7 heteroatoms. The largest absolute Gasteiger partial charge is 0.484 e. The molecule has 0 atom stereocenters. The predicted molar refractivity (Wildman–Crippen MR) is 120 cm³/mol. The quantitative estimate of drug-likeness (QED) is 0.412. The third-order valence-corrected chi connectivity index (χ3v) is 5.35. The maximum atomic E-state index is 12.9. The molecule has 0 spiro atoms. The maximum absolute atomic E-state index is 12.9. The van der Waals surface area contributed by atoms with Gasteiger partial charge in [0.1, 0.15) is 29.6 Å². The number of rotatable bonds is 5. The number of carbonyl (C=O) groups is 1. The summed E-state index contributed by atoms with van der Waals surface area (Å²) in [5, 5.41) is 3.32. The maximum Gasteiger partial charge on any atom is 0.281 e. The van der Waals surface area contributed by atoms with E-state index in [9.17, 15) is 4.79 Å². The van der Waals surface area contributed by atoms with Gasteiger partial charge in [-0.2, -0.15) is 0 Å². The van der Waals surface area contributed by atoms with E-state index in [0.717, 1.165) is 21.5 Å². The van der Waals surface area contributed by atoms with Gasteiger partial charge in [-0.05, 0) is 71.0 Å². The second kappa shape index (κ2) is 8.23. The van der Waals surface area contributed by atoms with Crippen LogP contribution in [0.25, 0.3) is 6.08 Å². The molecule has 1 fully saturated rings. The number of benzene rings is 2. The Labute approximate surface area is 182 Å². The zero-order chi connectivity index (χ0) is 20.4. The van der Waals surface area contributed by atoms with Gasteiger partial charge in [0.2, 0.25) is 0 Å². The number of ether oxygens (including phenoxy) is 1. The highest BCUT2D eigenvalue weighted by Gasteiger charge is 2.32. The van der Waals surface area contributed by atoms with E-state index in [-0.39, 0.29) is 12.5 Å². The lowest BCUT2D eigenvalue weighted by Gasteiger charge is -2.16. The lowest BCUT2D eigenvalue weighted by molar-refractivity contribution is -0.113. The van der Waals surface area contributed by atoms with Crippen LogP contribution >= 0.6 is 28.1 Å². The highest BCUT2D eigenvalue weighted by molar-refractivity contribution is 9.10. The number of hydrogen-bond acceptors (Lipinski definition) is 4. The fraction of sp³-hybridized carbons (Fsp3) is 0.0909. The van der Waals surface area contributed by atoms with Gasteiger partial charge in [0.05, 0.1) is 10.2 Å². The Hall–Kier alpha value is -2.90. The van der Waals surface area contributed by atoms with E-state index in [0.29, 0.717) is 22.3 Å². The van der Waals surface area contributed by atoms with Gasteiger partial charge in [-0.25, -0.2) is 0 Å². The van der Waals surface area contributed by atoms with Crippen LogP contribution in [-0.2, 0) is 11.4 Å². The van der Waals surface area contributed by atoms with Crippen molar-refractivity contribution in [3.63, 3.8) is 0 Å². The lowest BCUT2D eigenvalue weighted by Crippen LogP contribution is -2.30. The van der Waals surface area contributed by atoms with Crippen LogP contribution in [-0.4, -0.2) is 11.0 Å². The molecule has 146 valence electrons. The first-order chi connectivity index (χ1) is 14.0. The number of para-hydroxylation sites is 2. The van der Waals surface area contributed by atoms with Gasteiger partial charge in [0, 0.05) is 6.08 Å². The molecule has 1 aliphatic heterocycles. The molecule has 1 saturated heterocycles. The number of anilines is 1. The van der Waals surface area contributed by atoms with Crippen LogP contribution in [0.5, 0.6) is 5.75 Å². The minimum Gasteiger partial charge on any atom is -0.484 e. The first kappa shape index (κ1) is 19.4. The Bertz CT molecular complexity index is 1120. The normalized spacial score (nSPS) is 15.1. The average molecular weight is 469 g/mol. The van der Waals surface area contributed by atoms with Crippen molar-refractivity contribution in [2.75, 3.05) is 4.90 Å². The summed E-state index contributed by atoms with van der Waals surface area (Å²) in [6.07, 6.45) is 1.65. The Morgan fingerprint density at radius 3 is 2.69 bits per heavy atom. The lowest BCUT2D eigenvalue weighted by atomic mass is 10.2. The number of hydrogen-bond donors (Lipinski definition) is 1. The number of carbonyl (C=O) groups excluding carboxylic acids is 1. The molecule has 2 aromatic carbocycles. The van der Waals surface area contributed by atoms with Crippen molar-refractivity contribution >= 4 is 50.9 Å². The number of halogens is 1. The summed E-state index contributed by atoms with van der Waals surface area (Å²) < 4.78 is 12.4. The first-order valence-corrected chi connectivity index (χ1v) is 10.1. The minimum absolute atomic E-state index is 0.216. The van der Waals surface area contributed by atoms with E-state index in [4.69, 9.17) is 21.4 Å². The molecule has 1 N–H and O–H groups in total. The Balaban J connectivity index is 1.49. The summed E-state index contributed by atoms with van der Waals surface area (Å²) in [6.45, 7) is 2.22. The number of thiocarbonyl (C=S) groups is 1. The van der Waals surface area contributed by atoms with Crippen LogP contribution in [0.4, 0.5) is 5.69 Å². The Morgan fingerprint density at radius 2 is 1.90 bits per heavy atom. The van der Waals surface area contributed by atoms with Crippen molar-refractivity contribution in [3.8, 4) is 5.75 Å². The fourth-order valence-electron chi connectivity index (χ4n) is 2.97. The minimum atomic E-state index is -0.216. The van der Waals surface area contributed by atoms with Crippen molar-refractivity contribution in [2.45, 2.75) is 13.5 Å². The molecule has 1 amide bonds. The number of furan rings is 1. The van der Waals surface area contributed by atoms with Crippen molar-refractivity contribution in [2.24, 2.45) is 0 Å². The third-order valence-electron chi connectivity index (χ3n) is 4.41. The van der Waals surface area contributed by atoms with E-state index >= 15 is 0 Å². The monoisotopic (exact) mass is 468 g/mol. The number of nitrogens with zero attached hydrogens (tertiary/aromatic N) is 1. The molecule has 5 nitrogen and oxygen atoms in total. The van der Waals surface area contributed by atoms with Gasteiger partial charge in [-0.1, -0.05) is 30.3 Å². The van der Waals surface area contributed by atoms with Crippen LogP contribution in [0, 0.1) is 6.92 Å². The molecule has 0 unspecified atom stereocenters. The summed E-state index contributed by atoms with van der Waals surface area (Å²) in [5.41, 5.74) is 2.10. The molecule has 0 bridgehead atoms. The molecule has 29 heavy (non-hydrogen) atoms. The van der Waals surface area contributed by atoms with Gasteiger partial charge >= 0.3 is 0 Å². The first-order valence-electron chi connectivity index (χ1n) is 8.92. The van der Waals surface area contributed by atoms with Crippen molar-refractivity contribution in [3.05, 3.63) is 87.9 Å². The zero-order valence-corrected chi connectivity index (χ0v) is 17.9. The molecule has 0 radical (unpaired) electrons. The summed E-state index contributed by atoms with van der Waals surface area (Å²) in [7, 11) is 0. The summed E-state index contributed by atoms with van der Waals surface area (Å²) >= 11 is 8.81. The molecule has 1 aromatic heterocycles. The SMILES string of the molecule is Cc1ccccc1N1C(=O)/C(=C\c2ccc(COc3ccccc3Br)o2)NC1=S. The van der Waals surface area contributed by atoms with E-state index < -0.39 is 0 Å². The van der Waals surface area contributed by atoms with Crippen LogP contribution in [0.2, 0.25) is 0 Å². The standard InChI is InChI=1S/C22H17BrN2O3S/c1-14-6-2-4-8-19(14)25-21(26)18(24-22(25)29)12-15-10-11-16(28-15)13-27-20-9-5-3-7-17(20)23/h2-12H,13H2,1H3,(H,24,29)/b18-12+. The number of amides is 1. The molecular weight excluding hydrogens is 452 g/mol. The average Bonchev–Trinajstić information content (AvgIpc) is 3.26. The highest BCUT2D eigenvalue weighted by atomic mass is 79.9. The molecule has 4 rings (SSSR count). The summed E-state index contributed by atoms with van der Waals surface area (Å²) in [5.74, 6) is 1.71. The summed E-state index contributed by atoms with van der Waals surface area (Å²) in [6, 6.07) is 18.8. The van der Waals surface area contributed by atoms with Gasteiger partial charge in [0.25, 0.3) is 5.91 Å². The number of aryl methyl sites for hydroxylation is 1. The Morgan fingerprint density at radius 1 is 1.14 bits per heavy atom. The molecule has 1 aliphatic rings. The third kappa shape index (κ3) is 4.11. The molecular formula is C22H17BrN2O3S. The summed E-state index contributed by atoms with van der Waals surface area (Å²) in [4.78, 5) is 14.4. The van der Waals surface area contributed by atoms with E-state index in [2.05, 4.69) is 21.2 Å². The molecule has 2 heterocycles. The zero-order valence-electron chi connectivity index (χ0n) is 15.5. The fourth-order valence-corrected chi connectivity index (χ4v) is 3.66. The topological polar surface area (TPSA) is 54.7 Å². The van der Waals surface area contributed by atoms with E-state index in [1.165, 1.54) is 4.90 Å². The van der Waals surface area contributed by atoms with E-state index in [1.807, 2.05) is 61.5 Å². The smallest absolute Gasteiger partial charge is 0.281 e.